The van der Waals surface area contributed by atoms with Gasteiger partial charge < -0.3 is 9.88 Å². The van der Waals surface area contributed by atoms with Crippen molar-refractivity contribution in [3.63, 3.8) is 0 Å². The maximum atomic E-state index is 4.39. The maximum Gasteiger partial charge on any atom is 0.191 e. The lowest BCUT2D eigenvalue weighted by molar-refractivity contribution is 0.436. The molecule has 7 heteroatoms. The van der Waals surface area contributed by atoms with Gasteiger partial charge in [0.2, 0.25) is 0 Å². The van der Waals surface area contributed by atoms with Crippen LogP contribution in [0, 0.1) is 0 Å². The number of aromatic nitrogens is 5. The molecule has 3 heterocycles. The summed E-state index contributed by atoms with van der Waals surface area (Å²) in [6, 6.07) is 2.04. The summed E-state index contributed by atoms with van der Waals surface area (Å²) in [5.74, 6) is 2.46. The Hall–Kier alpha value is -1.34. The second-order valence-electron chi connectivity index (χ2n) is 5.18. The highest BCUT2D eigenvalue weighted by Crippen LogP contribution is 2.26. The third kappa shape index (κ3) is 2.73. The van der Waals surface area contributed by atoms with Gasteiger partial charge in [0, 0.05) is 44.2 Å². The van der Waals surface area contributed by atoms with E-state index in [4.69, 9.17) is 0 Å². The molecule has 1 atom stereocenters. The first kappa shape index (κ1) is 13.6. The third-order valence-corrected chi connectivity index (χ3v) is 4.86. The van der Waals surface area contributed by atoms with Crippen molar-refractivity contribution < 1.29 is 0 Å². The monoisotopic (exact) mass is 292 g/mol. The first-order chi connectivity index (χ1) is 9.75. The van der Waals surface area contributed by atoms with Crippen LogP contribution in [-0.4, -0.2) is 37.6 Å². The average molecular weight is 292 g/mol. The second-order valence-corrected chi connectivity index (χ2v) is 6.12. The van der Waals surface area contributed by atoms with E-state index in [1.807, 2.05) is 24.0 Å². The molecule has 6 nitrogen and oxygen atoms in total. The minimum atomic E-state index is 0.493. The molecule has 0 radical (unpaired) electrons. The van der Waals surface area contributed by atoms with Gasteiger partial charge in [-0.05, 0) is 25.5 Å². The molecule has 1 aliphatic heterocycles. The second kappa shape index (κ2) is 5.97. The van der Waals surface area contributed by atoms with Crippen LogP contribution in [0.15, 0.2) is 17.4 Å². The number of thioether (sulfide) groups is 1. The topological polar surface area (TPSA) is 60.6 Å². The smallest absolute Gasteiger partial charge is 0.191 e. The van der Waals surface area contributed by atoms with Crippen molar-refractivity contribution in [1.82, 2.24) is 29.9 Å². The van der Waals surface area contributed by atoms with Crippen molar-refractivity contribution in [2.24, 2.45) is 14.1 Å². The molecule has 1 aliphatic rings. The van der Waals surface area contributed by atoms with Crippen molar-refractivity contribution in [3.8, 4) is 0 Å². The van der Waals surface area contributed by atoms with Gasteiger partial charge in [-0.15, -0.1) is 10.2 Å². The molecular formula is C13H20N6S. The molecule has 0 bridgehead atoms. The van der Waals surface area contributed by atoms with Gasteiger partial charge in [-0.25, -0.2) is 0 Å². The standard InChI is InChI=1S/C13H20N6S/c1-18-12(10-4-3-6-14-8-10)16-17-13(18)20-9-11-5-7-15-19(11)2/h5,7,10,14H,3-4,6,8-9H2,1-2H3/t10-/m0/s1. The fourth-order valence-corrected chi connectivity index (χ4v) is 3.51. The van der Waals surface area contributed by atoms with Gasteiger partial charge in [0.05, 0.1) is 0 Å². The normalized spacial score (nSPS) is 19.4. The number of hydrogen-bond donors (Lipinski definition) is 1. The van der Waals surface area contributed by atoms with Crippen molar-refractivity contribution in [1.29, 1.82) is 0 Å². The Labute approximate surface area is 123 Å². The quantitative estimate of drug-likeness (QED) is 0.861. The van der Waals surface area contributed by atoms with Gasteiger partial charge in [0.15, 0.2) is 5.16 Å². The van der Waals surface area contributed by atoms with E-state index in [1.54, 1.807) is 11.8 Å². The molecule has 0 unspecified atom stereocenters. The zero-order valence-electron chi connectivity index (χ0n) is 11.9. The van der Waals surface area contributed by atoms with Crippen molar-refractivity contribution in [2.45, 2.75) is 29.7 Å². The van der Waals surface area contributed by atoms with Gasteiger partial charge in [0.25, 0.3) is 0 Å². The molecule has 3 rings (SSSR count). The first-order valence-electron chi connectivity index (χ1n) is 6.95. The average Bonchev–Trinajstić information content (AvgIpc) is 3.04. The Morgan fingerprint density at radius 2 is 2.30 bits per heavy atom. The summed E-state index contributed by atoms with van der Waals surface area (Å²) in [4.78, 5) is 0. The fraction of sp³-hybridized carbons (Fsp3) is 0.615. The summed E-state index contributed by atoms with van der Waals surface area (Å²) in [7, 11) is 4.03. The number of nitrogens with one attached hydrogen (secondary N) is 1. The lowest BCUT2D eigenvalue weighted by Crippen LogP contribution is -2.29. The number of piperidine rings is 1. The Morgan fingerprint density at radius 1 is 1.40 bits per heavy atom. The highest BCUT2D eigenvalue weighted by atomic mass is 32.2. The van der Waals surface area contributed by atoms with E-state index in [9.17, 15) is 0 Å². The van der Waals surface area contributed by atoms with E-state index in [-0.39, 0.29) is 0 Å². The first-order valence-corrected chi connectivity index (χ1v) is 7.94. The van der Waals surface area contributed by atoms with Crippen molar-refractivity contribution in [3.05, 3.63) is 23.8 Å². The molecule has 1 N–H and O–H groups in total. The molecular weight excluding hydrogens is 272 g/mol. The molecule has 20 heavy (non-hydrogen) atoms. The third-order valence-electron chi connectivity index (χ3n) is 3.80. The summed E-state index contributed by atoms with van der Waals surface area (Å²) >= 11 is 1.71. The lowest BCUT2D eigenvalue weighted by atomic mass is 9.99. The van der Waals surface area contributed by atoms with Gasteiger partial charge in [-0.1, -0.05) is 11.8 Å². The summed E-state index contributed by atoms with van der Waals surface area (Å²) < 4.78 is 4.04. The van der Waals surface area contributed by atoms with Gasteiger partial charge in [0.1, 0.15) is 5.82 Å². The zero-order valence-corrected chi connectivity index (χ0v) is 12.7. The number of hydrogen-bond acceptors (Lipinski definition) is 5. The van der Waals surface area contributed by atoms with Gasteiger partial charge >= 0.3 is 0 Å². The molecule has 2 aromatic rings. The van der Waals surface area contributed by atoms with Crippen LogP contribution in [0.5, 0.6) is 0 Å². The van der Waals surface area contributed by atoms with Gasteiger partial charge in [-0.3, -0.25) is 4.68 Å². The number of nitrogens with zero attached hydrogens (tertiary/aromatic N) is 5. The van der Waals surface area contributed by atoms with E-state index in [1.165, 1.54) is 18.5 Å². The van der Waals surface area contributed by atoms with Crippen LogP contribution in [0.1, 0.15) is 30.3 Å². The van der Waals surface area contributed by atoms with Crippen LogP contribution in [-0.2, 0) is 19.8 Å². The molecule has 108 valence electrons. The van der Waals surface area contributed by atoms with E-state index in [2.05, 4.69) is 32.2 Å². The van der Waals surface area contributed by atoms with E-state index < -0.39 is 0 Å². The van der Waals surface area contributed by atoms with E-state index in [0.29, 0.717) is 5.92 Å². The van der Waals surface area contributed by atoms with E-state index >= 15 is 0 Å². The Balaban J connectivity index is 1.68. The molecule has 0 aliphatic carbocycles. The SMILES string of the molecule is Cn1nccc1CSc1nnc([C@H]2CCCNC2)n1C. The van der Waals surface area contributed by atoms with Gasteiger partial charge in [-0.2, -0.15) is 5.10 Å². The Bertz CT molecular complexity index is 569. The molecule has 0 amide bonds. The fourth-order valence-electron chi connectivity index (χ4n) is 2.56. The maximum absolute atomic E-state index is 4.39. The highest BCUT2D eigenvalue weighted by molar-refractivity contribution is 7.98. The molecule has 2 aromatic heterocycles. The van der Waals surface area contributed by atoms with E-state index in [0.717, 1.165) is 29.8 Å². The Morgan fingerprint density at radius 3 is 3.00 bits per heavy atom. The van der Waals surface area contributed by atoms with Crippen molar-refractivity contribution in [2.75, 3.05) is 13.1 Å². The molecule has 0 saturated carbocycles. The lowest BCUT2D eigenvalue weighted by Gasteiger charge is -2.21. The molecule has 1 fully saturated rings. The van der Waals surface area contributed by atoms with Crippen LogP contribution < -0.4 is 5.32 Å². The minimum absolute atomic E-state index is 0.493. The van der Waals surface area contributed by atoms with Crippen molar-refractivity contribution >= 4 is 11.8 Å². The summed E-state index contributed by atoms with van der Waals surface area (Å²) in [5, 5.41) is 17.3. The van der Waals surface area contributed by atoms with Crippen LogP contribution in [0.2, 0.25) is 0 Å². The number of rotatable bonds is 4. The predicted molar refractivity (Wildman–Crippen MR) is 78.6 cm³/mol. The van der Waals surface area contributed by atoms with Crippen LogP contribution >= 0.6 is 11.8 Å². The summed E-state index contributed by atoms with van der Waals surface area (Å²) in [5.41, 5.74) is 1.19. The predicted octanol–water partition coefficient (Wildman–Crippen LogP) is 1.31. The molecule has 0 aromatic carbocycles. The summed E-state index contributed by atoms with van der Waals surface area (Å²) in [6.07, 6.45) is 4.24. The zero-order chi connectivity index (χ0) is 13.9. The number of aryl methyl sites for hydroxylation is 1. The van der Waals surface area contributed by atoms with Crippen LogP contribution in [0.4, 0.5) is 0 Å². The van der Waals surface area contributed by atoms with Crippen LogP contribution in [0.25, 0.3) is 0 Å². The highest BCUT2D eigenvalue weighted by Gasteiger charge is 2.21. The largest absolute Gasteiger partial charge is 0.316 e. The summed E-state index contributed by atoms with van der Waals surface area (Å²) in [6.45, 7) is 2.13. The minimum Gasteiger partial charge on any atom is -0.316 e. The molecule has 1 saturated heterocycles. The van der Waals surface area contributed by atoms with Crippen LogP contribution in [0.3, 0.4) is 0 Å². The molecule has 0 spiro atoms. The Kier molecular flexibility index (Phi) is 4.07.